The van der Waals surface area contributed by atoms with Gasteiger partial charge in [-0.05, 0) is 43.2 Å². The molecule has 0 bridgehead atoms. The minimum absolute atomic E-state index is 0.0711. The maximum Gasteiger partial charge on any atom is 0.268 e. The molecular formula is C23H16F2N4O2S. The number of hydrogen-bond donors (Lipinski definition) is 0. The molecule has 0 fully saturated rings. The third kappa shape index (κ3) is 3.50. The van der Waals surface area contributed by atoms with Crippen LogP contribution in [0.4, 0.5) is 8.78 Å². The summed E-state index contributed by atoms with van der Waals surface area (Å²) in [4.78, 5) is 23.2. The van der Waals surface area contributed by atoms with Crippen molar-refractivity contribution in [3.63, 3.8) is 0 Å². The molecule has 5 rings (SSSR count). The summed E-state index contributed by atoms with van der Waals surface area (Å²) in [6.45, 7) is 3.86. The van der Waals surface area contributed by atoms with Gasteiger partial charge >= 0.3 is 0 Å². The van der Waals surface area contributed by atoms with Gasteiger partial charge in [-0.2, -0.15) is 4.98 Å². The van der Waals surface area contributed by atoms with Gasteiger partial charge in [-0.15, -0.1) is 11.3 Å². The molecular weight excluding hydrogens is 434 g/mol. The van der Waals surface area contributed by atoms with E-state index in [0.717, 1.165) is 23.3 Å². The summed E-state index contributed by atoms with van der Waals surface area (Å²) in [5, 5.41) is 4.51. The summed E-state index contributed by atoms with van der Waals surface area (Å²) >= 11 is 1.29. The van der Waals surface area contributed by atoms with Crippen molar-refractivity contribution >= 4 is 21.6 Å². The number of rotatable bonds is 4. The Labute approximate surface area is 184 Å². The molecule has 3 heterocycles. The number of fused-ring (bicyclic) bond motifs is 1. The summed E-state index contributed by atoms with van der Waals surface area (Å²) in [5.41, 5.74) is 2.78. The Balaban J connectivity index is 1.54. The van der Waals surface area contributed by atoms with Crippen molar-refractivity contribution in [2.45, 2.75) is 20.4 Å². The summed E-state index contributed by atoms with van der Waals surface area (Å²) < 4.78 is 33.6. The quantitative estimate of drug-likeness (QED) is 0.380. The molecule has 3 aromatic heterocycles. The maximum absolute atomic E-state index is 13.5. The first-order valence-electron chi connectivity index (χ1n) is 9.74. The van der Waals surface area contributed by atoms with E-state index in [1.54, 1.807) is 6.92 Å². The first-order valence-corrected chi connectivity index (χ1v) is 10.6. The first kappa shape index (κ1) is 20.2. The van der Waals surface area contributed by atoms with Gasteiger partial charge in [-0.1, -0.05) is 35.0 Å². The van der Waals surface area contributed by atoms with Gasteiger partial charge in [0, 0.05) is 5.56 Å². The molecule has 0 radical (unpaired) electrons. The predicted molar refractivity (Wildman–Crippen MR) is 118 cm³/mol. The molecule has 2 aromatic carbocycles. The van der Waals surface area contributed by atoms with Crippen LogP contribution in [0.3, 0.4) is 0 Å². The van der Waals surface area contributed by atoms with E-state index in [2.05, 4.69) is 15.1 Å². The van der Waals surface area contributed by atoms with E-state index < -0.39 is 11.6 Å². The molecule has 0 N–H and O–H groups in total. The highest BCUT2D eigenvalue weighted by Crippen LogP contribution is 2.35. The van der Waals surface area contributed by atoms with Gasteiger partial charge in [-0.25, -0.2) is 13.8 Å². The van der Waals surface area contributed by atoms with Crippen LogP contribution in [0.15, 0.2) is 58.1 Å². The van der Waals surface area contributed by atoms with Gasteiger partial charge in [0.05, 0.1) is 23.1 Å². The monoisotopic (exact) mass is 450 g/mol. The van der Waals surface area contributed by atoms with Gasteiger partial charge in [0.25, 0.3) is 11.4 Å². The summed E-state index contributed by atoms with van der Waals surface area (Å²) in [7, 11) is 0. The topological polar surface area (TPSA) is 73.8 Å². The van der Waals surface area contributed by atoms with Crippen LogP contribution in [-0.2, 0) is 6.54 Å². The number of aryl methyl sites for hydroxylation is 2. The van der Waals surface area contributed by atoms with Gasteiger partial charge in [0.1, 0.15) is 4.83 Å². The van der Waals surface area contributed by atoms with Crippen LogP contribution in [0.25, 0.3) is 32.4 Å². The van der Waals surface area contributed by atoms with Crippen molar-refractivity contribution in [1.82, 2.24) is 19.7 Å². The smallest absolute Gasteiger partial charge is 0.268 e. The molecule has 0 aliphatic heterocycles. The van der Waals surface area contributed by atoms with Crippen molar-refractivity contribution in [3.05, 3.63) is 87.5 Å². The van der Waals surface area contributed by atoms with E-state index in [-0.39, 0.29) is 12.1 Å². The molecule has 32 heavy (non-hydrogen) atoms. The molecule has 0 spiro atoms. The van der Waals surface area contributed by atoms with Crippen molar-refractivity contribution in [3.8, 4) is 22.2 Å². The van der Waals surface area contributed by atoms with Gasteiger partial charge in [-0.3, -0.25) is 9.36 Å². The number of nitrogens with zero attached hydrogens (tertiary/aromatic N) is 4. The second-order valence-electron chi connectivity index (χ2n) is 7.46. The minimum atomic E-state index is -0.959. The Morgan fingerprint density at radius 3 is 2.72 bits per heavy atom. The van der Waals surface area contributed by atoms with E-state index in [1.165, 1.54) is 28.3 Å². The molecule has 9 heteroatoms. The minimum Gasteiger partial charge on any atom is -0.333 e. The predicted octanol–water partition coefficient (Wildman–Crippen LogP) is 5.12. The lowest BCUT2D eigenvalue weighted by Crippen LogP contribution is -2.21. The average Bonchev–Trinajstić information content (AvgIpc) is 3.38. The number of halogens is 2. The highest BCUT2D eigenvalue weighted by atomic mass is 32.1. The van der Waals surface area contributed by atoms with Crippen LogP contribution >= 0.6 is 11.3 Å². The highest BCUT2D eigenvalue weighted by Gasteiger charge is 2.21. The fourth-order valence-corrected chi connectivity index (χ4v) is 4.59. The highest BCUT2D eigenvalue weighted by molar-refractivity contribution is 7.22. The van der Waals surface area contributed by atoms with Crippen LogP contribution in [0.1, 0.15) is 16.7 Å². The third-order valence-electron chi connectivity index (χ3n) is 5.15. The molecule has 0 atom stereocenters. The van der Waals surface area contributed by atoms with E-state index in [4.69, 9.17) is 4.52 Å². The zero-order valence-corrected chi connectivity index (χ0v) is 17.9. The Hall–Kier alpha value is -3.72. The van der Waals surface area contributed by atoms with E-state index in [1.807, 2.05) is 31.2 Å². The molecule has 0 saturated heterocycles. The molecule has 0 aliphatic rings. The lowest BCUT2D eigenvalue weighted by Gasteiger charge is -2.06. The van der Waals surface area contributed by atoms with E-state index in [0.29, 0.717) is 37.9 Å². The number of hydrogen-bond acceptors (Lipinski definition) is 6. The second-order valence-corrected chi connectivity index (χ2v) is 8.45. The summed E-state index contributed by atoms with van der Waals surface area (Å²) in [6.07, 6.45) is 1.40. The van der Waals surface area contributed by atoms with Crippen LogP contribution in [0.2, 0.25) is 0 Å². The molecule has 0 saturated carbocycles. The van der Waals surface area contributed by atoms with Crippen LogP contribution in [0, 0.1) is 25.5 Å². The van der Waals surface area contributed by atoms with Crippen molar-refractivity contribution in [1.29, 1.82) is 0 Å². The third-order valence-corrected chi connectivity index (χ3v) is 6.34. The van der Waals surface area contributed by atoms with E-state index in [9.17, 15) is 13.6 Å². The molecule has 5 aromatic rings. The SMILES string of the molecule is Cc1cccc(-c2noc(-c3sc4ncn(Cc5ccc(F)c(F)c5)c(=O)c4c3C)n2)c1. The summed E-state index contributed by atoms with van der Waals surface area (Å²) in [5.74, 6) is -1.12. The normalized spacial score (nSPS) is 11.4. The Morgan fingerprint density at radius 2 is 1.94 bits per heavy atom. The van der Waals surface area contributed by atoms with E-state index >= 15 is 0 Å². The molecule has 0 aliphatic carbocycles. The van der Waals surface area contributed by atoms with Crippen molar-refractivity contribution in [2.24, 2.45) is 0 Å². The first-order chi connectivity index (χ1) is 15.4. The zero-order valence-electron chi connectivity index (χ0n) is 17.1. The fraction of sp³-hybridized carbons (Fsp3) is 0.130. The van der Waals surface area contributed by atoms with Crippen LogP contribution in [-0.4, -0.2) is 19.7 Å². The van der Waals surface area contributed by atoms with Crippen molar-refractivity contribution in [2.75, 3.05) is 0 Å². The van der Waals surface area contributed by atoms with Crippen LogP contribution in [0.5, 0.6) is 0 Å². The molecule has 160 valence electrons. The standard InChI is InChI=1S/C23H16F2N4O2S/c1-12-4-3-5-15(8-12)20-27-21(31-28-20)19-13(2)18-22(32-19)26-11-29(23(18)30)10-14-6-7-16(24)17(25)9-14/h3-9,11H,10H2,1-2H3. The number of aromatic nitrogens is 4. The van der Waals surface area contributed by atoms with Crippen molar-refractivity contribution < 1.29 is 13.3 Å². The Kier molecular flexibility index (Phi) is 4.90. The number of benzene rings is 2. The number of thiophene rings is 1. The molecule has 0 amide bonds. The Bertz CT molecular complexity index is 1540. The average molecular weight is 450 g/mol. The van der Waals surface area contributed by atoms with Gasteiger partial charge in [0.15, 0.2) is 11.6 Å². The molecule has 6 nitrogen and oxygen atoms in total. The van der Waals surface area contributed by atoms with Crippen LogP contribution < -0.4 is 5.56 Å². The zero-order chi connectivity index (χ0) is 22.4. The fourth-order valence-electron chi connectivity index (χ4n) is 3.53. The lowest BCUT2D eigenvalue weighted by atomic mass is 10.1. The van der Waals surface area contributed by atoms with Gasteiger partial charge < -0.3 is 4.52 Å². The second kappa shape index (κ2) is 7.76. The largest absolute Gasteiger partial charge is 0.333 e. The lowest BCUT2D eigenvalue weighted by molar-refractivity contribution is 0.433. The molecule has 0 unspecified atom stereocenters. The summed E-state index contributed by atoms with van der Waals surface area (Å²) in [6, 6.07) is 11.3. The Morgan fingerprint density at radius 1 is 1.09 bits per heavy atom. The maximum atomic E-state index is 13.5. The van der Waals surface area contributed by atoms with Gasteiger partial charge in [0.2, 0.25) is 5.82 Å².